The maximum Gasteiger partial charge on any atom is 0.271 e. The fraction of sp³-hybridized carbons (Fsp3) is 0.316. The van der Waals surface area contributed by atoms with Gasteiger partial charge in [-0.2, -0.15) is 0 Å². The number of rotatable bonds is 4. The average Bonchev–Trinajstić information content (AvgIpc) is 3.23. The van der Waals surface area contributed by atoms with E-state index in [1.54, 1.807) is 28.6 Å². The molecule has 0 saturated carbocycles. The number of aromatic nitrogens is 3. The lowest BCUT2D eigenvalue weighted by Crippen LogP contribution is -2.46. The molecular weight excluding hydrogens is 394 g/mol. The summed E-state index contributed by atoms with van der Waals surface area (Å²) in [6.07, 6.45) is 5.74. The highest BCUT2D eigenvalue weighted by molar-refractivity contribution is 7.15. The Balaban J connectivity index is 1.49. The van der Waals surface area contributed by atoms with E-state index < -0.39 is 0 Å². The molecule has 3 aromatic rings. The molecule has 2 amide bonds. The maximum absolute atomic E-state index is 12.9. The second kappa shape index (κ2) is 8.00. The second-order valence-electron chi connectivity index (χ2n) is 6.62. The quantitative estimate of drug-likeness (QED) is 0.689. The number of piperidine rings is 1. The number of carbonyl (C=O) groups excluding carboxylic acids is 2. The van der Waals surface area contributed by atoms with Gasteiger partial charge in [0.05, 0.1) is 6.54 Å². The van der Waals surface area contributed by atoms with Crippen molar-refractivity contribution in [3.63, 3.8) is 0 Å². The van der Waals surface area contributed by atoms with Crippen LogP contribution in [0.4, 0.5) is 0 Å². The number of ether oxygens (including phenoxy) is 1. The zero-order valence-electron chi connectivity index (χ0n) is 15.7. The van der Waals surface area contributed by atoms with Crippen molar-refractivity contribution in [1.82, 2.24) is 24.6 Å². The summed E-state index contributed by atoms with van der Waals surface area (Å²) in [4.78, 5) is 47.6. The van der Waals surface area contributed by atoms with Crippen LogP contribution >= 0.6 is 11.3 Å². The standard InChI is InChI=1S/C19H19N5O4S/c1-20-16(25)15-9-12(4-5-21-15)28-13-3-2-6-23(11-13)17(26)14-10-22-19-24(18(14)27)7-8-29-19/h4-5,7-10,13H,2-3,6,11H2,1H3,(H,20,25)/t13-/m0/s1. The molecule has 4 rings (SSSR count). The summed E-state index contributed by atoms with van der Waals surface area (Å²) >= 11 is 1.34. The Morgan fingerprint density at radius 3 is 3.03 bits per heavy atom. The summed E-state index contributed by atoms with van der Waals surface area (Å²) in [7, 11) is 1.53. The van der Waals surface area contributed by atoms with Crippen molar-refractivity contribution in [1.29, 1.82) is 0 Å². The number of hydrogen-bond donors (Lipinski definition) is 1. The Bertz CT molecular complexity index is 1120. The third-order valence-electron chi connectivity index (χ3n) is 4.73. The van der Waals surface area contributed by atoms with Crippen LogP contribution in [0.2, 0.25) is 0 Å². The second-order valence-corrected chi connectivity index (χ2v) is 7.49. The fourth-order valence-electron chi connectivity index (χ4n) is 3.29. The molecule has 0 bridgehead atoms. The van der Waals surface area contributed by atoms with Crippen LogP contribution in [0.15, 0.2) is 40.9 Å². The van der Waals surface area contributed by atoms with Crippen LogP contribution < -0.4 is 15.6 Å². The van der Waals surface area contributed by atoms with Crippen molar-refractivity contribution in [2.45, 2.75) is 18.9 Å². The SMILES string of the molecule is CNC(=O)c1cc(O[C@H]2CCCN(C(=O)c3cnc4sccn4c3=O)C2)ccn1. The van der Waals surface area contributed by atoms with Gasteiger partial charge < -0.3 is 15.0 Å². The molecule has 1 aliphatic heterocycles. The minimum atomic E-state index is -0.367. The summed E-state index contributed by atoms with van der Waals surface area (Å²) in [5.74, 6) is -0.135. The van der Waals surface area contributed by atoms with E-state index in [9.17, 15) is 14.4 Å². The van der Waals surface area contributed by atoms with E-state index >= 15 is 0 Å². The molecule has 150 valence electrons. The van der Waals surface area contributed by atoms with E-state index in [4.69, 9.17) is 4.74 Å². The topological polar surface area (TPSA) is 106 Å². The minimum Gasteiger partial charge on any atom is -0.488 e. The molecule has 1 atom stereocenters. The third-order valence-corrected chi connectivity index (χ3v) is 5.50. The van der Waals surface area contributed by atoms with Gasteiger partial charge >= 0.3 is 0 Å². The first kappa shape index (κ1) is 19.1. The van der Waals surface area contributed by atoms with Crippen molar-refractivity contribution in [3.8, 4) is 5.75 Å². The zero-order chi connectivity index (χ0) is 20.4. The van der Waals surface area contributed by atoms with Gasteiger partial charge in [0.2, 0.25) is 0 Å². The molecule has 29 heavy (non-hydrogen) atoms. The van der Waals surface area contributed by atoms with Gasteiger partial charge in [-0.1, -0.05) is 0 Å². The Morgan fingerprint density at radius 1 is 1.34 bits per heavy atom. The van der Waals surface area contributed by atoms with Crippen molar-refractivity contribution in [3.05, 3.63) is 57.7 Å². The number of nitrogens with one attached hydrogen (secondary N) is 1. The van der Waals surface area contributed by atoms with E-state index in [2.05, 4.69) is 15.3 Å². The Morgan fingerprint density at radius 2 is 2.21 bits per heavy atom. The highest BCUT2D eigenvalue weighted by Crippen LogP contribution is 2.20. The molecule has 1 aliphatic rings. The summed E-state index contributed by atoms with van der Waals surface area (Å²) in [6.45, 7) is 0.895. The van der Waals surface area contributed by atoms with Crippen LogP contribution in [0.5, 0.6) is 5.75 Å². The monoisotopic (exact) mass is 413 g/mol. The molecular formula is C19H19N5O4S. The van der Waals surface area contributed by atoms with Crippen molar-refractivity contribution in [2.24, 2.45) is 0 Å². The summed E-state index contributed by atoms with van der Waals surface area (Å²) in [6, 6.07) is 3.24. The average molecular weight is 413 g/mol. The number of likely N-dealkylation sites (tertiary alicyclic amines) is 1. The van der Waals surface area contributed by atoms with Gasteiger partial charge in [-0.05, 0) is 18.9 Å². The lowest BCUT2D eigenvalue weighted by atomic mass is 10.1. The van der Waals surface area contributed by atoms with Crippen LogP contribution in [0.25, 0.3) is 4.96 Å². The zero-order valence-corrected chi connectivity index (χ0v) is 16.5. The Kier molecular flexibility index (Phi) is 5.26. The summed E-state index contributed by atoms with van der Waals surface area (Å²) in [5, 5.41) is 4.28. The normalized spacial score (nSPS) is 16.6. The molecule has 0 aliphatic carbocycles. The first-order chi connectivity index (χ1) is 14.1. The van der Waals surface area contributed by atoms with Crippen molar-refractivity contribution < 1.29 is 14.3 Å². The van der Waals surface area contributed by atoms with Crippen LogP contribution in [-0.2, 0) is 0 Å². The van der Waals surface area contributed by atoms with E-state index in [-0.39, 0.29) is 34.7 Å². The lowest BCUT2D eigenvalue weighted by Gasteiger charge is -2.32. The molecule has 0 radical (unpaired) electrons. The fourth-order valence-corrected chi connectivity index (χ4v) is 3.96. The first-order valence-electron chi connectivity index (χ1n) is 9.15. The molecule has 0 spiro atoms. The van der Waals surface area contributed by atoms with Gasteiger partial charge in [0.15, 0.2) is 4.96 Å². The van der Waals surface area contributed by atoms with E-state index in [0.29, 0.717) is 23.8 Å². The molecule has 4 heterocycles. The van der Waals surface area contributed by atoms with Crippen LogP contribution in [0.3, 0.4) is 0 Å². The predicted octanol–water partition coefficient (Wildman–Crippen LogP) is 1.19. The van der Waals surface area contributed by atoms with Gasteiger partial charge in [-0.15, -0.1) is 11.3 Å². The van der Waals surface area contributed by atoms with Gasteiger partial charge in [0, 0.05) is 43.6 Å². The van der Waals surface area contributed by atoms with Crippen LogP contribution in [0, 0.1) is 0 Å². The summed E-state index contributed by atoms with van der Waals surface area (Å²) < 4.78 is 7.37. The number of pyridine rings is 1. The summed E-state index contributed by atoms with van der Waals surface area (Å²) in [5.41, 5.74) is -0.0575. The van der Waals surface area contributed by atoms with E-state index in [1.165, 1.54) is 35.2 Å². The van der Waals surface area contributed by atoms with Gasteiger partial charge in [-0.25, -0.2) is 4.98 Å². The van der Waals surface area contributed by atoms with Gasteiger partial charge in [0.1, 0.15) is 23.1 Å². The number of carbonyl (C=O) groups is 2. The number of thiazole rings is 1. The van der Waals surface area contributed by atoms with E-state index in [1.807, 2.05) is 0 Å². The van der Waals surface area contributed by atoms with Gasteiger partial charge in [0.25, 0.3) is 17.4 Å². The minimum absolute atomic E-state index is 0.0485. The Labute approximate surface area is 170 Å². The lowest BCUT2D eigenvalue weighted by molar-refractivity contribution is 0.0535. The van der Waals surface area contributed by atoms with Crippen LogP contribution in [-0.4, -0.2) is 57.3 Å². The molecule has 9 nitrogen and oxygen atoms in total. The first-order valence-corrected chi connectivity index (χ1v) is 10.0. The number of amides is 2. The molecule has 0 aromatic carbocycles. The van der Waals surface area contributed by atoms with Crippen LogP contribution in [0.1, 0.15) is 33.7 Å². The molecule has 1 fully saturated rings. The molecule has 3 aromatic heterocycles. The Hall–Kier alpha value is -3.27. The smallest absolute Gasteiger partial charge is 0.271 e. The predicted molar refractivity (Wildman–Crippen MR) is 107 cm³/mol. The number of nitrogens with zero attached hydrogens (tertiary/aromatic N) is 4. The molecule has 1 N–H and O–H groups in total. The number of hydrogen-bond acceptors (Lipinski definition) is 7. The number of fused-ring (bicyclic) bond motifs is 1. The van der Waals surface area contributed by atoms with Crippen molar-refractivity contribution >= 4 is 28.1 Å². The van der Waals surface area contributed by atoms with Gasteiger partial charge in [-0.3, -0.25) is 23.8 Å². The van der Waals surface area contributed by atoms with E-state index in [0.717, 1.165) is 12.8 Å². The molecule has 1 saturated heterocycles. The highest BCUT2D eigenvalue weighted by Gasteiger charge is 2.28. The van der Waals surface area contributed by atoms with Crippen molar-refractivity contribution in [2.75, 3.05) is 20.1 Å². The molecule has 0 unspecified atom stereocenters. The third kappa shape index (κ3) is 3.83. The molecule has 10 heteroatoms. The highest BCUT2D eigenvalue weighted by atomic mass is 32.1. The maximum atomic E-state index is 12.9. The largest absolute Gasteiger partial charge is 0.488 e.